The van der Waals surface area contributed by atoms with Gasteiger partial charge in [-0.25, -0.2) is 4.98 Å². The van der Waals surface area contributed by atoms with Crippen LogP contribution in [0.2, 0.25) is 0 Å². The van der Waals surface area contributed by atoms with E-state index in [2.05, 4.69) is 39.0 Å². The number of aromatic nitrogens is 3. The fraction of sp³-hybridized carbons (Fsp3) is 0.294. The third-order valence-corrected chi connectivity index (χ3v) is 3.64. The van der Waals surface area contributed by atoms with Crippen molar-refractivity contribution in [2.75, 3.05) is 20.1 Å². The number of fused-ring (bicyclic) bond motifs is 1. The maximum absolute atomic E-state index is 4.61. The lowest BCUT2D eigenvalue weighted by Gasteiger charge is -2.15. The molecule has 0 unspecified atom stereocenters. The van der Waals surface area contributed by atoms with Gasteiger partial charge in [-0.2, -0.15) is 0 Å². The van der Waals surface area contributed by atoms with E-state index >= 15 is 0 Å². The number of para-hydroxylation sites is 2. The average molecular weight is 280 g/mol. The van der Waals surface area contributed by atoms with E-state index in [1.54, 1.807) is 0 Å². The standard InChI is InChI=1S/C17H20N4/c1-21(12-9-14-6-4-5-11-18-14)13-10-17-19-15-7-2-3-8-16(15)20-17/h2-8,11H,9-10,12-13H2,1H3,(H,19,20). The number of nitrogens with one attached hydrogen (secondary N) is 1. The molecule has 0 bridgehead atoms. The lowest BCUT2D eigenvalue weighted by molar-refractivity contribution is 0.339. The van der Waals surface area contributed by atoms with Crippen LogP contribution in [-0.4, -0.2) is 40.0 Å². The molecule has 2 heterocycles. The minimum absolute atomic E-state index is 0.938. The fourth-order valence-corrected chi connectivity index (χ4v) is 2.38. The van der Waals surface area contributed by atoms with E-state index in [9.17, 15) is 0 Å². The molecular formula is C17H20N4. The number of rotatable bonds is 6. The Kier molecular flexibility index (Phi) is 4.26. The maximum Gasteiger partial charge on any atom is 0.108 e. The van der Waals surface area contributed by atoms with Crippen LogP contribution in [0.25, 0.3) is 11.0 Å². The first kappa shape index (κ1) is 13.8. The van der Waals surface area contributed by atoms with Crippen molar-refractivity contribution in [1.29, 1.82) is 0 Å². The average Bonchev–Trinajstić information content (AvgIpc) is 2.95. The molecule has 0 saturated heterocycles. The summed E-state index contributed by atoms with van der Waals surface area (Å²) in [4.78, 5) is 14.7. The zero-order chi connectivity index (χ0) is 14.5. The smallest absolute Gasteiger partial charge is 0.108 e. The van der Waals surface area contributed by atoms with E-state index in [0.29, 0.717) is 0 Å². The summed E-state index contributed by atoms with van der Waals surface area (Å²) in [5.41, 5.74) is 3.31. The van der Waals surface area contributed by atoms with Crippen LogP contribution in [0.3, 0.4) is 0 Å². The highest BCUT2D eigenvalue weighted by atomic mass is 15.1. The minimum atomic E-state index is 0.938. The number of imidazole rings is 1. The molecule has 1 aromatic carbocycles. The topological polar surface area (TPSA) is 44.8 Å². The monoisotopic (exact) mass is 280 g/mol. The van der Waals surface area contributed by atoms with Crippen molar-refractivity contribution in [1.82, 2.24) is 19.9 Å². The largest absolute Gasteiger partial charge is 0.342 e. The summed E-state index contributed by atoms with van der Waals surface area (Å²) in [6.45, 7) is 2.00. The van der Waals surface area contributed by atoms with E-state index in [-0.39, 0.29) is 0 Å². The van der Waals surface area contributed by atoms with Crippen molar-refractivity contribution in [3.05, 3.63) is 60.2 Å². The van der Waals surface area contributed by atoms with Crippen LogP contribution in [0.5, 0.6) is 0 Å². The van der Waals surface area contributed by atoms with Gasteiger partial charge in [-0.1, -0.05) is 18.2 Å². The Morgan fingerprint density at radius 2 is 1.81 bits per heavy atom. The minimum Gasteiger partial charge on any atom is -0.342 e. The first-order valence-corrected chi connectivity index (χ1v) is 7.33. The molecule has 3 rings (SSSR count). The molecule has 0 aliphatic heterocycles. The molecule has 21 heavy (non-hydrogen) atoms. The van der Waals surface area contributed by atoms with Gasteiger partial charge in [-0.3, -0.25) is 4.98 Å². The molecule has 0 aliphatic rings. The van der Waals surface area contributed by atoms with Gasteiger partial charge >= 0.3 is 0 Å². The van der Waals surface area contributed by atoms with Gasteiger partial charge in [-0.15, -0.1) is 0 Å². The van der Waals surface area contributed by atoms with E-state index in [1.165, 1.54) is 0 Å². The summed E-state index contributed by atoms with van der Waals surface area (Å²) in [5.74, 6) is 1.06. The molecule has 0 radical (unpaired) electrons. The van der Waals surface area contributed by atoms with Crippen molar-refractivity contribution in [2.45, 2.75) is 12.8 Å². The van der Waals surface area contributed by atoms with Gasteiger partial charge in [0.1, 0.15) is 5.82 Å². The molecule has 4 heteroatoms. The van der Waals surface area contributed by atoms with E-state index in [0.717, 1.165) is 48.5 Å². The molecule has 108 valence electrons. The lowest BCUT2D eigenvalue weighted by atomic mass is 10.2. The molecule has 0 aliphatic carbocycles. The van der Waals surface area contributed by atoms with Gasteiger partial charge in [0.25, 0.3) is 0 Å². The number of aromatic amines is 1. The summed E-state index contributed by atoms with van der Waals surface area (Å²) in [7, 11) is 2.14. The van der Waals surface area contributed by atoms with Gasteiger partial charge < -0.3 is 9.88 Å². The number of nitrogens with zero attached hydrogens (tertiary/aromatic N) is 3. The van der Waals surface area contributed by atoms with Crippen LogP contribution in [0.15, 0.2) is 48.7 Å². The van der Waals surface area contributed by atoms with Gasteiger partial charge in [-0.05, 0) is 31.3 Å². The maximum atomic E-state index is 4.61. The summed E-state index contributed by atoms with van der Waals surface area (Å²) in [5, 5.41) is 0. The van der Waals surface area contributed by atoms with Crippen LogP contribution in [0.4, 0.5) is 0 Å². The Labute approximate surface area is 124 Å². The van der Waals surface area contributed by atoms with E-state index < -0.39 is 0 Å². The summed E-state index contributed by atoms with van der Waals surface area (Å²) < 4.78 is 0. The number of pyridine rings is 1. The highest BCUT2D eigenvalue weighted by molar-refractivity contribution is 5.74. The fourth-order valence-electron chi connectivity index (χ4n) is 2.38. The van der Waals surface area contributed by atoms with Crippen LogP contribution >= 0.6 is 0 Å². The van der Waals surface area contributed by atoms with Crippen LogP contribution in [-0.2, 0) is 12.8 Å². The summed E-state index contributed by atoms with van der Waals surface area (Å²) in [6.07, 6.45) is 3.77. The number of hydrogen-bond donors (Lipinski definition) is 1. The van der Waals surface area contributed by atoms with Gasteiger partial charge in [0.2, 0.25) is 0 Å². The van der Waals surface area contributed by atoms with Crippen molar-refractivity contribution in [3.8, 4) is 0 Å². The Balaban J connectivity index is 1.50. The predicted molar refractivity (Wildman–Crippen MR) is 85.2 cm³/mol. The normalized spacial score (nSPS) is 11.3. The molecule has 0 saturated carbocycles. The Morgan fingerprint density at radius 1 is 1.00 bits per heavy atom. The second kappa shape index (κ2) is 6.50. The zero-order valence-electron chi connectivity index (χ0n) is 12.3. The molecule has 2 aromatic heterocycles. The second-order valence-corrected chi connectivity index (χ2v) is 5.32. The van der Waals surface area contributed by atoms with Crippen molar-refractivity contribution in [2.24, 2.45) is 0 Å². The van der Waals surface area contributed by atoms with Gasteiger partial charge in [0, 0.05) is 37.8 Å². The van der Waals surface area contributed by atoms with E-state index in [1.807, 2.05) is 36.5 Å². The Bertz CT molecular complexity index is 657. The first-order chi connectivity index (χ1) is 10.3. The van der Waals surface area contributed by atoms with Crippen molar-refractivity contribution >= 4 is 11.0 Å². The molecule has 0 fully saturated rings. The molecule has 4 nitrogen and oxygen atoms in total. The number of benzene rings is 1. The number of hydrogen-bond acceptors (Lipinski definition) is 3. The predicted octanol–water partition coefficient (Wildman–Crippen LogP) is 2.67. The number of likely N-dealkylation sites (N-methyl/N-ethyl adjacent to an activating group) is 1. The highest BCUT2D eigenvalue weighted by Crippen LogP contribution is 2.10. The van der Waals surface area contributed by atoms with Crippen LogP contribution in [0, 0.1) is 0 Å². The Hall–Kier alpha value is -2.20. The molecule has 1 N–H and O–H groups in total. The highest BCUT2D eigenvalue weighted by Gasteiger charge is 2.04. The number of H-pyrrole nitrogens is 1. The van der Waals surface area contributed by atoms with Crippen molar-refractivity contribution in [3.63, 3.8) is 0 Å². The van der Waals surface area contributed by atoms with Crippen LogP contribution in [0.1, 0.15) is 11.5 Å². The van der Waals surface area contributed by atoms with Gasteiger partial charge in [0.05, 0.1) is 11.0 Å². The Morgan fingerprint density at radius 3 is 2.62 bits per heavy atom. The molecular weight excluding hydrogens is 260 g/mol. The van der Waals surface area contributed by atoms with Crippen LogP contribution < -0.4 is 0 Å². The molecule has 0 atom stereocenters. The molecule has 0 spiro atoms. The third-order valence-electron chi connectivity index (χ3n) is 3.64. The zero-order valence-corrected chi connectivity index (χ0v) is 12.3. The second-order valence-electron chi connectivity index (χ2n) is 5.32. The SMILES string of the molecule is CN(CCc1ccccn1)CCc1nc2ccccc2[nH]1. The third kappa shape index (κ3) is 3.67. The van der Waals surface area contributed by atoms with Gasteiger partial charge in [0.15, 0.2) is 0 Å². The molecule has 3 aromatic rings. The quantitative estimate of drug-likeness (QED) is 0.755. The summed E-state index contributed by atoms with van der Waals surface area (Å²) in [6, 6.07) is 14.2. The summed E-state index contributed by atoms with van der Waals surface area (Å²) >= 11 is 0. The van der Waals surface area contributed by atoms with Crippen molar-refractivity contribution < 1.29 is 0 Å². The first-order valence-electron chi connectivity index (χ1n) is 7.33. The van der Waals surface area contributed by atoms with E-state index in [4.69, 9.17) is 0 Å². The lowest BCUT2D eigenvalue weighted by Crippen LogP contribution is -2.24. The molecule has 0 amide bonds.